The van der Waals surface area contributed by atoms with Crippen LogP contribution >= 0.6 is 11.6 Å². The number of hydrogen-bond donors (Lipinski definition) is 1. The van der Waals surface area contributed by atoms with Gasteiger partial charge in [0, 0.05) is 10.6 Å². The van der Waals surface area contributed by atoms with Gasteiger partial charge >= 0.3 is 12.0 Å². The fourth-order valence-corrected chi connectivity index (χ4v) is 2.44. The van der Waals surface area contributed by atoms with Crippen molar-refractivity contribution < 1.29 is 27.9 Å². The second kappa shape index (κ2) is 6.57. The summed E-state index contributed by atoms with van der Waals surface area (Å²) < 4.78 is 43.7. The highest BCUT2D eigenvalue weighted by Crippen LogP contribution is 2.39. The van der Waals surface area contributed by atoms with Crippen molar-refractivity contribution in [2.75, 3.05) is 0 Å². The van der Waals surface area contributed by atoms with E-state index in [1.54, 1.807) is 30.3 Å². The summed E-state index contributed by atoms with van der Waals surface area (Å²) in [6, 6.07) is 13.5. The Labute approximate surface area is 146 Å². The Morgan fingerprint density at radius 3 is 2.44 bits per heavy atom. The highest BCUT2D eigenvalue weighted by molar-refractivity contribution is 6.31. The smallest absolute Gasteiger partial charge is 0.458 e. The Morgan fingerprint density at radius 2 is 1.84 bits per heavy atom. The lowest BCUT2D eigenvalue weighted by Gasteiger charge is -2.22. The maximum absolute atomic E-state index is 12.7. The van der Waals surface area contributed by atoms with E-state index in [1.807, 2.05) is 18.2 Å². The van der Waals surface area contributed by atoms with E-state index in [0.717, 1.165) is 5.56 Å². The van der Waals surface area contributed by atoms with Gasteiger partial charge in [-0.05, 0) is 35.9 Å². The molecule has 1 aliphatic rings. The molecule has 0 radical (unpaired) electrons. The number of halogens is 4. The summed E-state index contributed by atoms with van der Waals surface area (Å²) in [5.74, 6) is -2.75. The van der Waals surface area contributed by atoms with E-state index in [9.17, 15) is 18.3 Å². The Kier molecular flexibility index (Phi) is 4.62. The summed E-state index contributed by atoms with van der Waals surface area (Å²) in [5.41, 5.74) is 1.24. The van der Waals surface area contributed by atoms with Gasteiger partial charge in [0.25, 0.3) is 0 Å². The summed E-state index contributed by atoms with van der Waals surface area (Å²) in [4.78, 5) is 4.19. The average Bonchev–Trinajstić information content (AvgIpc) is 2.98. The average molecular weight is 372 g/mol. The van der Waals surface area contributed by atoms with Crippen LogP contribution in [-0.4, -0.2) is 22.8 Å². The molecule has 4 nitrogen and oxygen atoms in total. The van der Waals surface area contributed by atoms with E-state index in [0.29, 0.717) is 16.3 Å². The first-order valence-electron chi connectivity index (χ1n) is 7.29. The molecule has 8 heteroatoms. The molecule has 0 saturated carbocycles. The number of alkyl halides is 3. The molecule has 0 aliphatic carbocycles. The lowest BCUT2D eigenvalue weighted by Crippen LogP contribution is -2.45. The van der Waals surface area contributed by atoms with E-state index >= 15 is 0 Å². The first kappa shape index (κ1) is 17.6. The lowest BCUT2D eigenvalue weighted by molar-refractivity contribution is -0.355. The summed E-state index contributed by atoms with van der Waals surface area (Å²) in [5, 5.41) is 13.4. The highest BCUT2D eigenvalue weighted by atomic mass is 35.5. The second-order valence-corrected chi connectivity index (χ2v) is 5.90. The molecule has 1 N–H and O–H groups in total. The minimum atomic E-state index is -4.92. The van der Waals surface area contributed by atoms with Crippen molar-refractivity contribution in [3.8, 4) is 5.75 Å². The molecule has 3 rings (SSSR count). The maximum atomic E-state index is 12.7. The van der Waals surface area contributed by atoms with Gasteiger partial charge in [0.2, 0.25) is 0 Å². The van der Waals surface area contributed by atoms with E-state index in [4.69, 9.17) is 16.3 Å². The number of aliphatic hydroxyl groups is 1. The van der Waals surface area contributed by atoms with E-state index in [1.165, 1.54) is 0 Å². The SMILES string of the molecule is OC1(C(F)(F)F)CC(c2ccc(OCc3ccccc3Cl)cc2)=NO1. The largest absolute Gasteiger partial charge is 0.489 e. The van der Waals surface area contributed by atoms with Gasteiger partial charge in [-0.25, -0.2) is 0 Å². The molecule has 0 spiro atoms. The van der Waals surface area contributed by atoms with Gasteiger partial charge in [-0.1, -0.05) is 35.0 Å². The normalized spacial score (nSPS) is 20.1. The van der Waals surface area contributed by atoms with Crippen molar-refractivity contribution in [2.45, 2.75) is 25.0 Å². The third-order valence-electron chi connectivity index (χ3n) is 3.70. The highest BCUT2D eigenvalue weighted by Gasteiger charge is 2.60. The van der Waals surface area contributed by atoms with Gasteiger partial charge in [-0.15, -0.1) is 0 Å². The first-order valence-corrected chi connectivity index (χ1v) is 7.67. The van der Waals surface area contributed by atoms with Crippen LogP contribution in [0.15, 0.2) is 53.7 Å². The Bertz CT molecular complexity index is 792. The number of benzene rings is 2. The Balaban J connectivity index is 1.64. The topological polar surface area (TPSA) is 51.0 Å². The summed E-state index contributed by atoms with van der Waals surface area (Å²) in [7, 11) is 0. The van der Waals surface area contributed by atoms with E-state index < -0.39 is 18.4 Å². The number of nitrogens with zero attached hydrogens (tertiary/aromatic N) is 1. The third-order valence-corrected chi connectivity index (χ3v) is 4.07. The molecule has 1 atom stereocenters. The van der Waals surface area contributed by atoms with Crippen molar-refractivity contribution >= 4 is 17.3 Å². The standard InChI is InChI=1S/C17H13ClF3NO3/c18-14-4-2-1-3-12(14)10-24-13-7-5-11(6-8-13)15-9-16(23,25-22-15)17(19,20)21/h1-8,23H,9-10H2. The van der Waals surface area contributed by atoms with Crippen LogP contribution in [0.2, 0.25) is 5.02 Å². The molecule has 1 aliphatic heterocycles. The molecule has 1 heterocycles. The molecular weight excluding hydrogens is 359 g/mol. The van der Waals surface area contributed by atoms with Crippen LogP contribution in [0, 0.1) is 0 Å². The fraction of sp³-hybridized carbons (Fsp3) is 0.235. The molecule has 0 fully saturated rings. The molecule has 2 aromatic rings. The van der Waals surface area contributed by atoms with E-state index in [2.05, 4.69) is 9.99 Å². The predicted octanol–water partition coefficient (Wildman–Crippen LogP) is 4.29. The van der Waals surface area contributed by atoms with Gasteiger partial charge in [-0.2, -0.15) is 13.2 Å². The van der Waals surface area contributed by atoms with Gasteiger partial charge in [-0.3, -0.25) is 0 Å². The van der Waals surface area contributed by atoms with Crippen molar-refractivity contribution in [1.82, 2.24) is 0 Å². The summed E-state index contributed by atoms with van der Waals surface area (Å²) in [6.07, 6.45) is -5.69. The summed E-state index contributed by atoms with van der Waals surface area (Å²) in [6.45, 7) is 0.261. The van der Waals surface area contributed by atoms with Crippen LogP contribution in [0.5, 0.6) is 5.75 Å². The molecule has 0 saturated heterocycles. The molecule has 0 bridgehead atoms. The number of ether oxygens (including phenoxy) is 1. The van der Waals surface area contributed by atoms with E-state index in [-0.39, 0.29) is 12.3 Å². The van der Waals surface area contributed by atoms with Gasteiger partial charge in [0.05, 0.1) is 12.1 Å². The fourth-order valence-electron chi connectivity index (χ4n) is 2.25. The monoisotopic (exact) mass is 371 g/mol. The molecule has 2 aromatic carbocycles. The lowest BCUT2D eigenvalue weighted by atomic mass is 10.0. The number of rotatable bonds is 4. The van der Waals surface area contributed by atoms with Gasteiger partial charge in [0.15, 0.2) is 0 Å². The van der Waals surface area contributed by atoms with Crippen molar-refractivity contribution in [3.63, 3.8) is 0 Å². The van der Waals surface area contributed by atoms with Crippen LogP contribution in [0.1, 0.15) is 17.5 Å². The zero-order valence-corrected chi connectivity index (χ0v) is 13.5. The molecule has 25 heavy (non-hydrogen) atoms. The van der Waals surface area contributed by atoms with Crippen LogP contribution in [0.25, 0.3) is 0 Å². The second-order valence-electron chi connectivity index (χ2n) is 5.49. The van der Waals surface area contributed by atoms with Crippen molar-refractivity contribution in [2.24, 2.45) is 5.16 Å². The van der Waals surface area contributed by atoms with Crippen LogP contribution < -0.4 is 4.74 Å². The summed E-state index contributed by atoms with van der Waals surface area (Å²) >= 11 is 6.04. The van der Waals surface area contributed by atoms with Crippen molar-refractivity contribution in [3.05, 3.63) is 64.7 Å². The first-order chi connectivity index (χ1) is 11.8. The predicted molar refractivity (Wildman–Crippen MR) is 85.5 cm³/mol. The number of oxime groups is 1. The zero-order valence-electron chi connectivity index (χ0n) is 12.8. The Morgan fingerprint density at radius 1 is 1.16 bits per heavy atom. The van der Waals surface area contributed by atoms with Gasteiger partial charge in [0.1, 0.15) is 12.4 Å². The van der Waals surface area contributed by atoms with Crippen LogP contribution in [-0.2, 0) is 11.4 Å². The molecular formula is C17H13ClF3NO3. The van der Waals surface area contributed by atoms with Crippen molar-refractivity contribution in [1.29, 1.82) is 0 Å². The molecule has 132 valence electrons. The maximum Gasteiger partial charge on any atom is 0.458 e. The molecule has 0 amide bonds. The Hall–Kier alpha value is -2.25. The zero-order chi connectivity index (χ0) is 18.1. The minimum absolute atomic E-state index is 0.0116. The van der Waals surface area contributed by atoms with Crippen LogP contribution in [0.4, 0.5) is 13.2 Å². The molecule has 1 unspecified atom stereocenters. The quantitative estimate of drug-likeness (QED) is 0.872. The van der Waals surface area contributed by atoms with Crippen LogP contribution in [0.3, 0.4) is 0 Å². The van der Waals surface area contributed by atoms with Gasteiger partial charge < -0.3 is 14.7 Å². The third kappa shape index (κ3) is 3.72. The number of hydrogen-bond acceptors (Lipinski definition) is 4. The molecule has 0 aromatic heterocycles. The minimum Gasteiger partial charge on any atom is -0.489 e.